The van der Waals surface area contributed by atoms with Gasteiger partial charge in [0, 0.05) is 5.56 Å². The second-order valence-electron chi connectivity index (χ2n) is 5.45. The Morgan fingerprint density at radius 1 is 1.15 bits per heavy atom. The second kappa shape index (κ2) is 8.17. The fourth-order valence-electron chi connectivity index (χ4n) is 2.15. The minimum absolute atomic E-state index is 0.164. The summed E-state index contributed by atoms with van der Waals surface area (Å²) in [6.45, 7) is 1.57. The van der Waals surface area contributed by atoms with Crippen molar-refractivity contribution in [3.63, 3.8) is 0 Å². The first-order chi connectivity index (χ1) is 13.0. The molecule has 0 saturated heterocycles. The summed E-state index contributed by atoms with van der Waals surface area (Å²) in [6, 6.07) is 10.4. The number of benzene rings is 2. The number of nitrogens with one attached hydrogen (secondary N) is 1. The van der Waals surface area contributed by atoms with Crippen LogP contribution in [0.2, 0.25) is 0 Å². The number of para-hydroxylation sites is 1. The summed E-state index contributed by atoms with van der Waals surface area (Å²) in [7, 11) is 1.57. The molecular formula is C18H15F2N3O3S. The number of nitrogens with zero attached hydrogens (tertiary/aromatic N) is 2. The van der Waals surface area contributed by atoms with Gasteiger partial charge in [-0.25, -0.2) is 8.78 Å². The Morgan fingerprint density at radius 3 is 2.44 bits per heavy atom. The van der Waals surface area contributed by atoms with Crippen LogP contribution in [-0.2, 0) is 4.79 Å². The molecule has 9 heteroatoms. The van der Waals surface area contributed by atoms with Crippen LogP contribution in [0.5, 0.6) is 5.75 Å². The zero-order chi connectivity index (χ0) is 19.4. The molecular weight excluding hydrogens is 376 g/mol. The molecule has 1 aromatic heterocycles. The number of aromatic nitrogens is 2. The monoisotopic (exact) mass is 391 g/mol. The highest BCUT2D eigenvalue weighted by Gasteiger charge is 2.21. The summed E-state index contributed by atoms with van der Waals surface area (Å²) in [5.74, 6) is -1.31. The molecule has 1 N–H and O–H groups in total. The molecule has 2 aromatic carbocycles. The normalized spacial score (nSPS) is 11.9. The molecule has 0 bridgehead atoms. The van der Waals surface area contributed by atoms with E-state index in [1.165, 1.54) is 6.07 Å². The number of amides is 1. The average Bonchev–Trinajstić information content (AvgIpc) is 3.13. The molecule has 0 saturated carbocycles. The van der Waals surface area contributed by atoms with E-state index in [4.69, 9.17) is 9.15 Å². The maximum atomic E-state index is 13.6. The number of carbonyl (C=O) groups is 1. The molecule has 0 radical (unpaired) electrons. The molecule has 0 spiro atoms. The van der Waals surface area contributed by atoms with Gasteiger partial charge in [-0.05, 0) is 43.3 Å². The lowest BCUT2D eigenvalue weighted by atomic mass is 10.2. The number of hydrogen-bond acceptors (Lipinski definition) is 6. The lowest BCUT2D eigenvalue weighted by Crippen LogP contribution is -2.23. The van der Waals surface area contributed by atoms with Crippen LogP contribution in [0.3, 0.4) is 0 Å². The van der Waals surface area contributed by atoms with Gasteiger partial charge < -0.3 is 14.5 Å². The molecule has 1 heterocycles. The predicted molar refractivity (Wildman–Crippen MR) is 96.6 cm³/mol. The van der Waals surface area contributed by atoms with E-state index in [9.17, 15) is 13.6 Å². The highest BCUT2D eigenvalue weighted by Crippen LogP contribution is 2.28. The fraction of sp³-hybridized carbons (Fsp3) is 0.167. The topological polar surface area (TPSA) is 77.2 Å². The third-order valence-corrected chi connectivity index (χ3v) is 4.54. The first-order valence-corrected chi connectivity index (χ1v) is 8.75. The standard InChI is InChI=1S/C18H15F2N3O3S/c1-10(16(24)21-15-13(19)4-3-5-14(15)20)27-18-23-22-17(26-18)11-6-8-12(25-2)9-7-11/h3-10H,1-2H3,(H,21,24)/t10-/m0/s1. The maximum absolute atomic E-state index is 13.6. The van der Waals surface area contributed by atoms with Gasteiger partial charge in [-0.15, -0.1) is 10.2 Å². The van der Waals surface area contributed by atoms with Crippen molar-refractivity contribution in [2.24, 2.45) is 0 Å². The third kappa shape index (κ3) is 4.43. The van der Waals surface area contributed by atoms with Gasteiger partial charge in [0.15, 0.2) is 0 Å². The zero-order valence-electron chi connectivity index (χ0n) is 14.4. The molecule has 3 aromatic rings. The summed E-state index contributed by atoms with van der Waals surface area (Å²) >= 11 is 0.984. The SMILES string of the molecule is COc1ccc(-c2nnc(S[C@@H](C)C(=O)Nc3c(F)cccc3F)o2)cc1. The molecule has 27 heavy (non-hydrogen) atoms. The number of anilines is 1. The van der Waals surface area contributed by atoms with Crippen LogP contribution in [0, 0.1) is 11.6 Å². The van der Waals surface area contributed by atoms with Crippen LogP contribution >= 0.6 is 11.8 Å². The third-order valence-electron chi connectivity index (χ3n) is 3.60. The van der Waals surface area contributed by atoms with E-state index in [1.807, 2.05) is 0 Å². The van der Waals surface area contributed by atoms with Gasteiger partial charge in [0.25, 0.3) is 5.22 Å². The van der Waals surface area contributed by atoms with E-state index in [0.29, 0.717) is 11.3 Å². The molecule has 0 aliphatic rings. The van der Waals surface area contributed by atoms with Crippen molar-refractivity contribution in [1.29, 1.82) is 0 Å². The van der Waals surface area contributed by atoms with E-state index in [-0.39, 0.29) is 11.1 Å². The lowest BCUT2D eigenvalue weighted by molar-refractivity contribution is -0.115. The van der Waals surface area contributed by atoms with Crippen molar-refractivity contribution in [2.45, 2.75) is 17.4 Å². The van der Waals surface area contributed by atoms with E-state index in [2.05, 4.69) is 15.5 Å². The minimum atomic E-state index is -0.847. The highest BCUT2D eigenvalue weighted by molar-refractivity contribution is 8.00. The Balaban J connectivity index is 1.66. The number of halogens is 2. The van der Waals surface area contributed by atoms with E-state index in [0.717, 1.165) is 23.9 Å². The van der Waals surface area contributed by atoms with Gasteiger partial charge in [0.2, 0.25) is 11.8 Å². The Labute approximate surface area is 157 Å². The zero-order valence-corrected chi connectivity index (χ0v) is 15.2. The van der Waals surface area contributed by atoms with Crippen LogP contribution in [0.4, 0.5) is 14.5 Å². The fourth-order valence-corrected chi connectivity index (χ4v) is 2.84. The largest absolute Gasteiger partial charge is 0.497 e. The van der Waals surface area contributed by atoms with Crippen molar-refractivity contribution in [2.75, 3.05) is 12.4 Å². The predicted octanol–water partition coefficient (Wildman–Crippen LogP) is 4.14. The second-order valence-corrected chi connectivity index (χ2v) is 6.74. The van der Waals surface area contributed by atoms with Crippen LogP contribution < -0.4 is 10.1 Å². The van der Waals surface area contributed by atoms with Gasteiger partial charge in [-0.2, -0.15) is 0 Å². The van der Waals surface area contributed by atoms with E-state index in [1.54, 1.807) is 38.3 Å². The summed E-state index contributed by atoms with van der Waals surface area (Å²) in [6.07, 6.45) is 0. The molecule has 140 valence electrons. The Kier molecular flexibility index (Phi) is 5.70. The summed E-state index contributed by atoms with van der Waals surface area (Å²) in [5.41, 5.74) is 0.208. The number of methoxy groups -OCH3 is 1. The van der Waals surface area contributed by atoms with E-state index < -0.39 is 28.5 Å². The van der Waals surface area contributed by atoms with Crippen molar-refractivity contribution in [3.8, 4) is 17.2 Å². The van der Waals surface area contributed by atoms with Gasteiger partial charge in [-0.1, -0.05) is 17.8 Å². The highest BCUT2D eigenvalue weighted by atomic mass is 32.2. The Hall–Kier alpha value is -2.94. The van der Waals surface area contributed by atoms with Crippen molar-refractivity contribution >= 4 is 23.4 Å². The first-order valence-electron chi connectivity index (χ1n) is 7.87. The quantitative estimate of drug-likeness (QED) is 0.637. The van der Waals surface area contributed by atoms with Gasteiger partial charge >= 0.3 is 0 Å². The molecule has 0 unspecified atom stereocenters. The van der Waals surface area contributed by atoms with Crippen molar-refractivity contribution in [3.05, 3.63) is 54.1 Å². The van der Waals surface area contributed by atoms with Crippen molar-refractivity contribution in [1.82, 2.24) is 10.2 Å². The number of hydrogen-bond donors (Lipinski definition) is 1. The molecule has 0 aliphatic carbocycles. The van der Waals surface area contributed by atoms with Crippen LogP contribution in [0.1, 0.15) is 6.92 Å². The summed E-state index contributed by atoms with van der Waals surface area (Å²) in [5, 5.41) is 9.51. The maximum Gasteiger partial charge on any atom is 0.277 e. The van der Waals surface area contributed by atoms with Crippen LogP contribution in [0.25, 0.3) is 11.5 Å². The lowest BCUT2D eigenvalue weighted by Gasteiger charge is -2.11. The Bertz CT molecular complexity index is 927. The first kappa shape index (κ1) is 18.8. The molecule has 3 rings (SSSR count). The van der Waals surface area contributed by atoms with Gasteiger partial charge in [-0.3, -0.25) is 4.79 Å². The number of thioether (sulfide) groups is 1. The molecule has 1 amide bonds. The van der Waals surface area contributed by atoms with Crippen LogP contribution in [-0.4, -0.2) is 28.5 Å². The number of carbonyl (C=O) groups excluding carboxylic acids is 1. The van der Waals surface area contributed by atoms with Crippen molar-refractivity contribution < 1.29 is 22.7 Å². The summed E-state index contributed by atoms with van der Waals surface area (Å²) < 4.78 is 37.9. The van der Waals surface area contributed by atoms with Gasteiger partial charge in [0.05, 0.1) is 12.4 Å². The van der Waals surface area contributed by atoms with Crippen LogP contribution in [0.15, 0.2) is 52.1 Å². The molecule has 0 fully saturated rings. The minimum Gasteiger partial charge on any atom is -0.497 e. The Morgan fingerprint density at radius 2 is 1.81 bits per heavy atom. The molecule has 0 aliphatic heterocycles. The van der Waals surface area contributed by atoms with Gasteiger partial charge in [0.1, 0.15) is 23.1 Å². The average molecular weight is 391 g/mol. The molecule has 6 nitrogen and oxygen atoms in total. The number of ether oxygens (including phenoxy) is 1. The summed E-state index contributed by atoms with van der Waals surface area (Å²) in [4.78, 5) is 12.2. The smallest absolute Gasteiger partial charge is 0.277 e. The number of rotatable bonds is 6. The molecule has 1 atom stereocenters. The van der Waals surface area contributed by atoms with E-state index >= 15 is 0 Å².